The van der Waals surface area contributed by atoms with Gasteiger partial charge in [-0.15, -0.1) is 0 Å². The average molecular weight is 657 g/mol. The number of hydrogen-bond donors (Lipinski definition) is 3. The first-order valence-electron chi connectivity index (χ1n) is 14.8. The van der Waals surface area contributed by atoms with Gasteiger partial charge in [-0.05, 0) is 60.0 Å². The summed E-state index contributed by atoms with van der Waals surface area (Å²) in [5.41, 5.74) is 3.48. The van der Waals surface area contributed by atoms with Gasteiger partial charge in [-0.25, -0.2) is 9.59 Å². The van der Waals surface area contributed by atoms with Gasteiger partial charge in [-0.2, -0.15) is 13.2 Å². The zero-order valence-electron chi connectivity index (χ0n) is 26.7. The molecule has 47 heavy (non-hydrogen) atoms. The topological polar surface area (TPSA) is 128 Å². The number of methoxy groups -OCH3 is 1. The molecule has 3 N–H and O–H groups in total. The highest BCUT2D eigenvalue weighted by atomic mass is 19.4. The largest absolute Gasteiger partial charge is 0.496 e. The molecule has 0 atom stereocenters. The molecule has 1 saturated heterocycles. The standard InChI is InChI=1S/C32H38N4O4.C2HF3O2/c1-32(2,3)21-28(37)24-12-15-29(40-4)25(20-24)22-35-16-18-36(19-17-35)30(38)23-10-13-27(14-11-23)34-31(39)33-26-8-6-5-7-9-26;3-2(4,5)1(6)7/h5-15,20H,16-19,21-22H2,1-4H3,(H2,33,34,39);(H,6,7). The third-order valence-electron chi connectivity index (χ3n) is 7.01. The van der Waals surface area contributed by atoms with Crippen LogP contribution in [0.1, 0.15) is 53.5 Å². The van der Waals surface area contributed by atoms with Crippen LogP contribution in [0.5, 0.6) is 5.75 Å². The number of nitrogens with zero attached hydrogens (tertiary/aromatic N) is 2. The Morgan fingerprint density at radius 2 is 1.34 bits per heavy atom. The Labute approximate surface area is 271 Å². The van der Waals surface area contributed by atoms with E-state index >= 15 is 0 Å². The molecule has 1 aliphatic rings. The van der Waals surface area contributed by atoms with Crippen LogP contribution < -0.4 is 15.4 Å². The fourth-order valence-electron chi connectivity index (χ4n) is 4.70. The second kappa shape index (κ2) is 16.1. The number of carboxylic acids is 1. The Kier molecular flexibility index (Phi) is 12.5. The van der Waals surface area contributed by atoms with Gasteiger partial charge >= 0.3 is 18.2 Å². The summed E-state index contributed by atoms with van der Waals surface area (Å²) in [6.07, 6.45) is -4.60. The smallest absolute Gasteiger partial charge is 0.490 e. The summed E-state index contributed by atoms with van der Waals surface area (Å²) in [6, 6.07) is 21.4. The fraction of sp³-hybridized carbons (Fsp3) is 0.353. The summed E-state index contributed by atoms with van der Waals surface area (Å²) in [5.74, 6) is -1.90. The Morgan fingerprint density at radius 1 is 0.809 bits per heavy atom. The minimum Gasteiger partial charge on any atom is -0.496 e. The number of carbonyl (C=O) groups excluding carboxylic acids is 3. The number of halogens is 3. The minimum atomic E-state index is -5.08. The van der Waals surface area contributed by atoms with E-state index in [9.17, 15) is 27.6 Å². The van der Waals surface area contributed by atoms with Crippen LogP contribution in [-0.4, -0.2) is 78.1 Å². The van der Waals surface area contributed by atoms with E-state index in [4.69, 9.17) is 14.6 Å². The third kappa shape index (κ3) is 11.8. The maximum absolute atomic E-state index is 13.1. The fourth-order valence-corrected chi connectivity index (χ4v) is 4.70. The van der Waals surface area contributed by atoms with Gasteiger partial charge in [0, 0.05) is 67.2 Å². The van der Waals surface area contributed by atoms with Crippen LogP contribution in [0.25, 0.3) is 0 Å². The molecule has 1 heterocycles. The molecule has 3 aromatic carbocycles. The van der Waals surface area contributed by atoms with Gasteiger partial charge in [0.05, 0.1) is 7.11 Å². The van der Waals surface area contributed by atoms with Gasteiger partial charge in [0.2, 0.25) is 0 Å². The van der Waals surface area contributed by atoms with Crippen molar-refractivity contribution in [1.82, 2.24) is 9.80 Å². The van der Waals surface area contributed by atoms with E-state index in [2.05, 4.69) is 36.3 Å². The SMILES string of the molecule is COc1ccc(C(=O)CC(C)(C)C)cc1CN1CCN(C(=O)c2ccc(NC(=O)Nc3ccccc3)cc2)CC1.O=C(O)C(F)(F)F. The van der Waals surface area contributed by atoms with Crippen molar-refractivity contribution in [2.45, 2.75) is 39.9 Å². The zero-order chi connectivity index (χ0) is 34.8. The van der Waals surface area contributed by atoms with Crippen LogP contribution in [-0.2, 0) is 11.3 Å². The Hall–Kier alpha value is -4.91. The summed E-state index contributed by atoms with van der Waals surface area (Å²) in [6.45, 7) is 9.47. The van der Waals surface area contributed by atoms with Gasteiger partial charge in [-0.1, -0.05) is 39.0 Å². The molecular weight excluding hydrogens is 617 g/mol. The lowest BCUT2D eigenvalue weighted by Gasteiger charge is -2.35. The van der Waals surface area contributed by atoms with Crippen molar-refractivity contribution in [3.05, 3.63) is 89.5 Å². The van der Waals surface area contributed by atoms with Crippen molar-refractivity contribution in [3.63, 3.8) is 0 Å². The predicted molar refractivity (Wildman–Crippen MR) is 172 cm³/mol. The molecule has 0 aliphatic carbocycles. The highest BCUT2D eigenvalue weighted by Gasteiger charge is 2.38. The molecular formula is C34H39F3N4O6. The van der Waals surface area contributed by atoms with E-state index in [1.165, 1.54) is 0 Å². The molecule has 0 bridgehead atoms. The zero-order valence-corrected chi connectivity index (χ0v) is 26.7. The molecule has 0 spiro atoms. The lowest BCUT2D eigenvalue weighted by atomic mass is 9.87. The van der Waals surface area contributed by atoms with Crippen molar-refractivity contribution in [3.8, 4) is 5.75 Å². The first-order valence-corrected chi connectivity index (χ1v) is 14.8. The van der Waals surface area contributed by atoms with Gasteiger partial charge in [0.25, 0.3) is 5.91 Å². The summed E-state index contributed by atoms with van der Waals surface area (Å²) in [4.78, 5) is 51.2. The molecule has 1 aliphatic heterocycles. The first-order chi connectivity index (χ1) is 22.1. The van der Waals surface area contributed by atoms with E-state index in [0.29, 0.717) is 61.6 Å². The lowest BCUT2D eigenvalue weighted by Crippen LogP contribution is -2.48. The van der Waals surface area contributed by atoms with Crippen molar-refractivity contribution in [2.24, 2.45) is 5.41 Å². The normalized spacial score (nSPS) is 13.6. The number of para-hydroxylation sites is 1. The number of anilines is 2. The number of nitrogens with one attached hydrogen (secondary N) is 2. The van der Waals surface area contributed by atoms with Crippen LogP contribution in [0.2, 0.25) is 0 Å². The minimum absolute atomic E-state index is 0.0349. The molecule has 10 nitrogen and oxygen atoms in total. The van der Waals surface area contributed by atoms with Crippen LogP contribution in [0, 0.1) is 5.41 Å². The Morgan fingerprint density at radius 3 is 1.85 bits per heavy atom. The molecule has 0 saturated carbocycles. The molecule has 252 valence electrons. The molecule has 3 amide bonds. The number of rotatable bonds is 8. The number of carboxylic acid groups (broad SMARTS) is 1. The predicted octanol–water partition coefficient (Wildman–Crippen LogP) is 6.55. The van der Waals surface area contributed by atoms with Gasteiger partial charge in [0.1, 0.15) is 5.75 Å². The third-order valence-corrected chi connectivity index (χ3v) is 7.01. The van der Waals surface area contributed by atoms with E-state index < -0.39 is 12.1 Å². The number of urea groups is 1. The number of piperazine rings is 1. The van der Waals surface area contributed by atoms with Crippen LogP contribution in [0.4, 0.5) is 29.3 Å². The highest BCUT2D eigenvalue weighted by molar-refractivity contribution is 6.00. The summed E-state index contributed by atoms with van der Waals surface area (Å²) < 4.78 is 37.3. The first kappa shape index (κ1) is 36.6. The number of carbonyl (C=O) groups is 4. The number of hydrogen-bond acceptors (Lipinski definition) is 6. The molecule has 0 unspecified atom stereocenters. The monoisotopic (exact) mass is 656 g/mol. The highest BCUT2D eigenvalue weighted by Crippen LogP contribution is 2.26. The van der Waals surface area contributed by atoms with E-state index in [0.717, 1.165) is 11.3 Å². The van der Waals surface area contributed by atoms with Gasteiger partial charge < -0.3 is 25.4 Å². The van der Waals surface area contributed by atoms with Crippen molar-refractivity contribution in [2.75, 3.05) is 43.9 Å². The van der Waals surface area contributed by atoms with Crippen molar-refractivity contribution >= 4 is 35.1 Å². The van der Waals surface area contributed by atoms with Gasteiger partial charge in [0.15, 0.2) is 5.78 Å². The van der Waals surface area contributed by atoms with Crippen molar-refractivity contribution in [1.29, 1.82) is 0 Å². The number of benzene rings is 3. The Balaban J connectivity index is 0.000000771. The maximum Gasteiger partial charge on any atom is 0.490 e. The number of alkyl halides is 3. The van der Waals surface area contributed by atoms with E-state index in [-0.39, 0.29) is 23.1 Å². The summed E-state index contributed by atoms with van der Waals surface area (Å²) in [7, 11) is 1.64. The number of amides is 3. The van der Waals surface area contributed by atoms with Gasteiger partial charge in [-0.3, -0.25) is 14.5 Å². The summed E-state index contributed by atoms with van der Waals surface area (Å²) >= 11 is 0. The second-order valence-corrected chi connectivity index (χ2v) is 12.1. The lowest BCUT2D eigenvalue weighted by molar-refractivity contribution is -0.192. The molecule has 3 aromatic rings. The van der Waals surface area contributed by atoms with Crippen LogP contribution in [0.15, 0.2) is 72.8 Å². The number of Topliss-reactive ketones (excluding diaryl/α,β-unsaturated/α-hetero) is 1. The van der Waals surface area contributed by atoms with E-state index in [1.807, 2.05) is 53.4 Å². The quantitative estimate of drug-likeness (QED) is 0.235. The number of aliphatic carboxylic acids is 1. The molecule has 0 aromatic heterocycles. The van der Waals surface area contributed by atoms with Crippen LogP contribution >= 0.6 is 0 Å². The number of ether oxygens (including phenoxy) is 1. The van der Waals surface area contributed by atoms with E-state index in [1.54, 1.807) is 31.4 Å². The Bertz CT molecular complexity index is 1530. The van der Waals surface area contributed by atoms with Crippen LogP contribution in [0.3, 0.4) is 0 Å². The molecule has 4 rings (SSSR count). The molecule has 1 fully saturated rings. The average Bonchev–Trinajstić information content (AvgIpc) is 3.01. The maximum atomic E-state index is 13.1. The molecule has 0 radical (unpaired) electrons. The number of ketones is 1. The van der Waals surface area contributed by atoms with Crippen molar-refractivity contribution < 1.29 is 42.2 Å². The second-order valence-electron chi connectivity index (χ2n) is 12.1. The summed E-state index contributed by atoms with van der Waals surface area (Å²) in [5, 5.41) is 12.7. The molecule has 13 heteroatoms.